The molecule has 1 fully saturated rings. The lowest BCUT2D eigenvalue weighted by molar-refractivity contribution is -0.144. The third-order valence-corrected chi connectivity index (χ3v) is 6.32. The van der Waals surface area contributed by atoms with Crippen LogP contribution in [0.5, 0.6) is 0 Å². The number of nitrogens with zero attached hydrogens (tertiary/aromatic N) is 1. The van der Waals surface area contributed by atoms with Crippen LogP contribution in [0, 0.1) is 0 Å². The van der Waals surface area contributed by atoms with E-state index in [1.165, 1.54) is 6.92 Å². The van der Waals surface area contributed by atoms with Crippen LogP contribution in [-0.4, -0.2) is 42.5 Å². The fourth-order valence-corrected chi connectivity index (χ4v) is 4.91. The van der Waals surface area contributed by atoms with Gasteiger partial charge < -0.3 is 13.8 Å². The lowest BCUT2D eigenvalue weighted by Crippen LogP contribution is -2.28. The van der Waals surface area contributed by atoms with Gasteiger partial charge in [0.25, 0.3) is 0 Å². The van der Waals surface area contributed by atoms with E-state index in [0.717, 1.165) is 5.56 Å². The van der Waals surface area contributed by atoms with E-state index in [9.17, 15) is 9.36 Å². The van der Waals surface area contributed by atoms with Gasteiger partial charge in [-0.1, -0.05) is 30.3 Å². The molecule has 1 aliphatic heterocycles. The second kappa shape index (κ2) is 8.26. The van der Waals surface area contributed by atoms with E-state index in [1.807, 2.05) is 30.3 Å². The summed E-state index contributed by atoms with van der Waals surface area (Å²) in [6.07, 6.45) is 0. The Morgan fingerprint density at radius 2 is 1.83 bits per heavy atom. The van der Waals surface area contributed by atoms with Crippen LogP contribution in [-0.2, 0) is 23.1 Å². The van der Waals surface area contributed by atoms with Gasteiger partial charge in [0, 0.05) is 19.5 Å². The summed E-state index contributed by atoms with van der Waals surface area (Å²) in [5.41, 5.74) is 1.16. The number of rotatable bonds is 9. The number of esters is 1. The second-order valence-electron chi connectivity index (χ2n) is 5.73. The molecule has 7 heteroatoms. The number of hydrogen-bond donors (Lipinski definition) is 0. The molecule has 1 unspecified atom stereocenters. The number of hydrogen-bond acceptors (Lipinski definition) is 6. The standard InChI is InChI=1S/C17H26NO5P/c1-5-21-24(20,22-6-2)17(23-14(4)19)16-12-18(16)13(3)15-10-8-7-9-11-15/h7-11,13,16-17H,5-6,12H2,1-4H3/t13-,16+,17+,18?/m0/s1. The van der Waals surface area contributed by atoms with Gasteiger partial charge in [-0.25, -0.2) is 0 Å². The van der Waals surface area contributed by atoms with E-state index in [-0.39, 0.29) is 25.3 Å². The van der Waals surface area contributed by atoms with E-state index in [1.54, 1.807) is 13.8 Å². The van der Waals surface area contributed by atoms with Crippen molar-refractivity contribution in [2.75, 3.05) is 19.8 Å². The highest BCUT2D eigenvalue weighted by Gasteiger charge is 2.54. The van der Waals surface area contributed by atoms with Gasteiger partial charge in [0.05, 0.1) is 19.3 Å². The molecular weight excluding hydrogens is 329 g/mol. The molecule has 0 bridgehead atoms. The predicted molar refractivity (Wildman–Crippen MR) is 91.8 cm³/mol. The highest BCUT2D eigenvalue weighted by molar-refractivity contribution is 7.54. The molecule has 6 nitrogen and oxygen atoms in total. The van der Waals surface area contributed by atoms with Gasteiger partial charge in [0.2, 0.25) is 5.85 Å². The maximum Gasteiger partial charge on any atom is 0.372 e. The molecule has 0 saturated carbocycles. The van der Waals surface area contributed by atoms with Crippen molar-refractivity contribution in [1.82, 2.24) is 4.90 Å². The predicted octanol–water partition coefficient (Wildman–Crippen LogP) is 3.59. The maximum absolute atomic E-state index is 13.1. The Balaban J connectivity index is 2.18. The molecule has 0 aliphatic carbocycles. The average molecular weight is 355 g/mol. The van der Waals surface area contributed by atoms with E-state index in [4.69, 9.17) is 13.8 Å². The van der Waals surface area contributed by atoms with Crippen molar-refractivity contribution in [3.8, 4) is 0 Å². The minimum atomic E-state index is -3.53. The third kappa shape index (κ3) is 4.45. The molecule has 4 atom stereocenters. The quantitative estimate of drug-likeness (QED) is 0.383. The van der Waals surface area contributed by atoms with Crippen LogP contribution in [0.2, 0.25) is 0 Å². The molecule has 1 aromatic carbocycles. The largest absolute Gasteiger partial charge is 0.448 e. The van der Waals surface area contributed by atoms with Crippen molar-refractivity contribution in [3.05, 3.63) is 35.9 Å². The molecule has 0 aromatic heterocycles. The summed E-state index contributed by atoms with van der Waals surface area (Å²) in [4.78, 5) is 13.6. The van der Waals surface area contributed by atoms with Gasteiger partial charge in [0.15, 0.2) is 0 Å². The Morgan fingerprint density at radius 3 is 2.33 bits per heavy atom. The van der Waals surface area contributed by atoms with Crippen molar-refractivity contribution < 1.29 is 23.1 Å². The Hall–Kier alpha value is -1.20. The first-order valence-electron chi connectivity index (χ1n) is 8.29. The van der Waals surface area contributed by atoms with Crippen LogP contribution >= 0.6 is 7.60 Å². The number of ether oxygens (including phenoxy) is 1. The van der Waals surface area contributed by atoms with Crippen molar-refractivity contribution in [1.29, 1.82) is 0 Å². The zero-order chi connectivity index (χ0) is 17.7. The van der Waals surface area contributed by atoms with Crippen LogP contribution in [0.15, 0.2) is 30.3 Å². The van der Waals surface area contributed by atoms with E-state index < -0.39 is 19.4 Å². The lowest BCUT2D eigenvalue weighted by atomic mass is 10.1. The topological polar surface area (TPSA) is 64.8 Å². The minimum Gasteiger partial charge on any atom is -0.448 e. The van der Waals surface area contributed by atoms with Gasteiger partial charge in [-0.3, -0.25) is 14.3 Å². The van der Waals surface area contributed by atoms with Gasteiger partial charge in [-0.05, 0) is 26.3 Å². The first kappa shape index (κ1) is 19.1. The SMILES string of the molecule is CCOP(=O)(OCC)[C@@H](OC(C)=O)[C@H]1CN1[C@@H](C)c1ccccc1. The number of carbonyl (C=O) groups excluding carboxylic acids is 1. The molecule has 1 aromatic rings. The van der Waals surface area contributed by atoms with Crippen molar-refractivity contribution >= 4 is 13.6 Å². The summed E-state index contributed by atoms with van der Waals surface area (Å²) in [7, 11) is -3.53. The zero-order valence-electron chi connectivity index (χ0n) is 14.7. The lowest BCUT2D eigenvalue weighted by Gasteiger charge is -2.26. The molecule has 2 rings (SSSR count). The Morgan fingerprint density at radius 1 is 1.25 bits per heavy atom. The summed E-state index contributed by atoms with van der Waals surface area (Å²) >= 11 is 0. The van der Waals surface area contributed by atoms with Crippen LogP contribution in [0.1, 0.15) is 39.3 Å². The van der Waals surface area contributed by atoms with E-state index in [2.05, 4.69) is 11.8 Å². The van der Waals surface area contributed by atoms with Gasteiger partial charge >= 0.3 is 13.6 Å². The third-order valence-electron chi connectivity index (χ3n) is 4.02. The fraction of sp³-hybridized carbons (Fsp3) is 0.588. The monoisotopic (exact) mass is 355 g/mol. The molecule has 24 heavy (non-hydrogen) atoms. The van der Waals surface area contributed by atoms with Gasteiger partial charge in [0.1, 0.15) is 0 Å². The first-order valence-corrected chi connectivity index (χ1v) is 9.90. The van der Waals surface area contributed by atoms with Gasteiger partial charge in [-0.15, -0.1) is 0 Å². The van der Waals surface area contributed by atoms with Crippen LogP contribution in [0.4, 0.5) is 0 Å². The van der Waals surface area contributed by atoms with Crippen LogP contribution in [0.3, 0.4) is 0 Å². The number of benzene rings is 1. The molecule has 134 valence electrons. The van der Waals surface area contributed by atoms with Crippen molar-refractivity contribution in [2.45, 2.75) is 45.6 Å². The molecule has 0 spiro atoms. The molecule has 1 saturated heterocycles. The van der Waals surface area contributed by atoms with Gasteiger partial charge in [-0.2, -0.15) is 0 Å². The number of carbonyl (C=O) groups is 1. The Labute approximate surface area is 143 Å². The van der Waals surface area contributed by atoms with E-state index in [0.29, 0.717) is 6.54 Å². The van der Waals surface area contributed by atoms with Crippen LogP contribution < -0.4 is 0 Å². The summed E-state index contributed by atoms with van der Waals surface area (Å²) < 4.78 is 29.2. The Kier molecular flexibility index (Phi) is 6.58. The molecule has 1 heterocycles. The zero-order valence-corrected chi connectivity index (χ0v) is 15.6. The maximum atomic E-state index is 13.1. The fourth-order valence-electron chi connectivity index (χ4n) is 2.86. The van der Waals surface area contributed by atoms with E-state index >= 15 is 0 Å². The smallest absolute Gasteiger partial charge is 0.372 e. The summed E-state index contributed by atoms with van der Waals surface area (Å²) in [6.45, 7) is 8.01. The second-order valence-corrected chi connectivity index (χ2v) is 7.83. The highest BCUT2D eigenvalue weighted by Crippen LogP contribution is 2.58. The highest BCUT2D eigenvalue weighted by atomic mass is 31.2. The van der Waals surface area contributed by atoms with Crippen molar-refractivity contribution in [2.24, 2.45) is 0 Å². The normalized spacial score (nSPS) is 22.7. The molecule has 0 amide bonds. The molecule has 1 aliphatic rings. The molecule has 0 radical (unpaired) electrons. The van der Waals surface area contributed by atoms with Crippen molar-refractivity contribution in [3.63, 3.8) is 0 Å². The molecule has 0 N–H and O–H groups in total. The van der Waals surface area contributed by atoms with Crippen LogP contribution in [0.25, 0.3) is 0 Å². The summed E-state index contributed by atoms with van der Waals surface area (Å²) in [5, 5.41) is 0. The average Bonchev–Trinajstić information content (AvgIpc) is 3.33. The summed E-state index contributed by atoms with van der Waals surface area (Å²) in [6, 6.07) is 9.99. The Bertz CT molecular complexity index is 584. The summed E-state index contributed by atoms with van der Waals surface area (Å²) in [5.74, 6) is -1.39. The molecular formula is C17H26NO5P. The minimum absolute atomic E-state index is 0.131. The first-order chi connectivity index (χ1) is 11.4.